The Labute approximate surface area is 207 Å². The van der Waals surface area contributed by atoms with Gasteiger partial charge in [0.05, 0.1) is 22.5 Å². The highest BCUT2D eigenvalue weighted by Crippen LogP contribution is 2.27. The van der Waals surface area contributed by atoms with Gasteiger partial charge in [0.1, 0.15) is 23.8 Å². The molecule has 0 radical (unpaired) electrons. The number of hydrogen-bond acceptors (Lipinski definition) is 6. The van der Waals surface area contributed by atoms with Crippen molar-refractivity contribution in [1.29, 1.82) is 0 Å². The van der Waals surface area contributed by atoms with Gasteiger partial charge in [-0.15, -0.1) is 0 Å². The fourth-order valence-corrected chi connectivity index (χ4v) is 4.47. The van der Waals surface area contributed by atoms with Crippen LogP contribution in [0, 0.1) is 17.6 Å². The van der Waals surface area contributed by atoms with Gasteiger partial charge in [0.2, 0.25) is 5.91 Å². The number of carbonyl (C=O) groups excluding carboxylic acids is 2. The summed E-state index contributed by atoms with van der Waals surface area (Å²) in [5.41, 5.74) is 7.41. The first kappa shape index (κ1) is 24.8. The van der Waals surface area contributed by atoms with Gasteiger partial charge >= 0.3 is 0 Å². The van der Waals surface area contributed by atoms with E-state index in [0.717, 1.165) is 12.5 Å². The molecular formula is C27H25F2N5O2. The number of benzene rings is 2. The smallest absolute Gasteiger partial charge is 0.245 e. The number of nitrogens with two attached hydrogens (primary N) is 1. The molecule has 7 nitrogen and oxygen atoms in total. The molecule has 2 aromatic carbocycles. The Hall–Kier alpha value is -4.27. The molecular weight excluding hydrogens is 464 g/mol. The van der Waals surface area contributed by atoms with Crippen molar-refractivity contribution >= 4 is 23.2 Å². The fourth-order valence-electron chi connectivity index (χ4n) is 4.47. The first-order valence-corrected chi connectivity index (χ1v) is 11.4. The summed E-state index contributed by atoms with van der Waals surface area (Å²) >= 11 is 0. The Bertz CT molecular complexity index is 1370. The number of nitrogens with zero attached hydrogens (tertiary/aromatic N) is 4. The Morgan fingerprint density at radius 1 is 1.17 bits per heavy atom. The van der Waals surface area contributed by atoms with Crippen molar-refractivity contribution in [3.8, 4) is 0 Å². The van der Waals surface area contributed by atoms with Crippen molar-refractivity contribution in [2.75, 3.05) is 25.9 Å². The van der Waals surface area contributed by atoms with Crippen molar-refractivity contribution in [3.63, 3.8) is 0 Å². The Morgan fingerprint density at radius 3 is 2.64 bits per heavy atom. The van der Waals surface area contributed by atoms with E-state index in [0.29, 0.717) is 30.8 Å². The molecule has 1 aliphatic heterocycles. The SMILES string of the molecule is C=CC(=O)N1CCC(Cc2ncnc(N)c2/C(=N\C)c2ccc(C(=O)c3ccccc3F)cc2F)C1. The summed E-state index contributed by atoms with van der Waals surface area (Å²) in [4.78, 5) is 39.2. The highest BCUT2D eigenvalue weighted by Gasteiger charge is 2.28. The van der Waals surface area contributed by atoms with Gasteiger partial charge in [-0.05, 0) is 49.1 Å². The van der Waals surface area contributed by atoms with Crippen molar-refractivity contribution in [3.05, 3.63) is 101 Å². The Morgan fingerprint density at radius 2 is 1.94 bits per heavy atom. The van der Waals surface area contributed by atoms with Gasteiger partial charge in [0.25, 0.3) is 0 Å². The third-order valence-corrected chi connectivity index (χ3v) is 6.27. The molecule has 1 fully saturated rings. The second-order valence-electron chi connectivity index (χ2n) is 8.50. The monoisotopic (exact) mass is 489 g/mol. The molecule has 1 saturated heterocycles. The number of likely N-dealkylation sites (tertiary alicyclic amines) is 1. The van der Waals surface area contributed by atoms with E-state index in [-0.39, 0.29) is 40.0 Å². The number of nitrogen functional groups attached to an aromatic ring is 1. The van der Waals surface area contributed by atoms with Gasteiger partial charge in [-0.1, -0.05) is 24.8 Å². The van der Waals surface area contributed by atoms with Gasteiger partial charge in [-0.25, -0.2) is 18.7 Å². The third-order valence-electron chi connectivity index (χ3n) is 6.27. The second-order valence-corrected chi connectivity index (χ2v) is 8.50. The molecule has 0 spiro atoms. The standard InChI is InChI=1S/C27H25F2N5O2/c1-3-23(35)34-11-10-16(14-34)12-22-24(27(30)33-15-32-22)25(31-2)18-9-8-17(13-21(18)29)26(36)19-6-4-5-7-20(19)28/h3-9,13,15-16H,1,10-12,14H2,2H3,(H2,30,32,33)/b31-25-. The van der Waals surface area contributed by atoms with Crippen LogP contribution in [0.5, 0.6) is 0 Å². The maximum Gasteiger partial charge on any atom is 0.245 e. The lowest BCUT2D eigenvalue weighted by Crippen LogP contribution is -2.27. The van der Waals surface area contributed by atoms with Crippen LogP contribution in [0.25, 0.3) is 0 Å². The van der Waals surface area contributed by atoms with Crippen LogP contribution >= 0.6 is 0 Å². The fraction of sp³-hybridized carbons (Fsp3) is 0.222. The number of aromatic nitrogens is 2. The number of aliphatic imine (C=N–C) groups is 1. The molecule has 36 heavy (non-hydrogen) atoms. The lowest BCUT2D eigenvalue weighted by molar-refractivity contribution is -0.125. The van der Waals surface area contributed by atoms with Crippen LogP contribution in [0.3, 0.4) is 0 Å². The average Bonchev–Trinajstić information content (AvgIpc) is 3.34. The van der Waals surface area contributed by atoms with E-state index in [2.05, 4.69) is 21.5 Å². The zero-order chi connectivity index (χ0) is 25.8. The van der Waals surface area contributed by atoms with Crippen molar-refractivity contribution in [2.45, 2.75) is 12.8 Å². The first-order valence-electron chi connectivity index (χ1n) is 11.4. The van der Waals surface area contributed by atoms with E-state index in [4.69, 9.17) is 5.73 Å². The van der Waals surface area contributed by atoms with Crippen LogP contribution in [0.15, 0.2) is 66.4 Å². The number of hydrogen-bond donors (Lipinski definition) is 1. The van der Waals surface area contributed by atoms with Crippen LogP contribution < -0.4 is 5.73 Å². The summed E-state index contributed by atoms with van der Waals surface area (Å²) in [7, 11) is 1.50. The number of ketones is 1. The number of halogens is 2. The van der Waals surface area contributed by atoms with E-state index in [1.54, 1.807) is 11.0 Å². The maximum absolute atomic E-state index is 15.3. The molecule has 1 atom stereocenters. The van der Waals surface area contributed by atoms with Crippen molar-refractivity contribution < 1.29 is 18.4 Å². The zero-order valence-electron chi connectivity index (χ0n) is 19.7. The quantitative estimate of drug-likeness (QED) is 0.310. The molecule has 9 heteroatoms. The Kier molecular flexibility index (Phi) is 7.28. The molecule has 2 N–H and O–H groups in total. The third kappa shape index (κ3) is 4.91. The summed E-state index contributed by atoms with van der Waals surface area (Å²) in [6.45, 7) is 4.70. The number of amides is 1. The van der Waals surface area contributed by atoms with Crippen molar-refractivity contribution in [2.24, 2.45) is 10.9 Å². The summed E-state index contributed by atoms with van der Waals surface area (Å²) in [6, 6.07) is 9.45. The van der Waals surface area contributed by atoms with Gasteiger partial charge in [0.15, 0.2) is 5.78 Å². The summed E-state index contributed by atoms with van der Waals surface area (Å²) in [5, 5.41) is 0. The van der Waals surface area contributed by atoms with Crippen LogP contribution in [0.4, 0.5) is 14.6 Å². The Balaban J connectivity index is 1.65. The molecule has 0 bridgehead atoms. The molecule has 1 aromatic heterocycles. The molecule has 0 aliphatic carbocycles. The van der Waals surface area contributed by atoms with Crippen LogP contribution in [0.2, 0.25) is 0 Å². The molecule has 3 aromatic rings. The van der Waals surface area contributed by atoms with Gasteiger partial charge < -0.3 is 10.6 Å². The number of rotatable bonds is 7. The van der Waals surface area contributed by atoms with E-state index >= 15 is 4.39 Å². The normalized spacial score (nSPS) is 15.7. The van der Waals surface area contributed by atoms with Gasteiger partial charge in [-0.3, -0.25) is 14.6 Å². The minimum Gasteiger partial charge on any atom is -0.383 e. The molecule has 184 valence electrons. The predicted octanol–water partition coefficient (Wildman–Crippen LogP) is 3.61. The molecule has 4 rings (SSSR count). The summed E-state index contributed by atoms with van der Waals surface area (Å²) < 4.78 is 29.4. The lowest BCUT2D eigenvalue weighted by Gasteiger charge is -2.17. The zero-order valence-corrected chi connectivity index (χ0v) is 19.7. The van der Waals surface area contributed by atoms with Crippen LogP contribution in [-0.2, 0) is 11.2 Å². The van der Waals surface area contributed by atoms with Gasteiger partial charge in [0, 0.05) is 31.3 Å². The average molecular weight is 490 g/mol. The summed E-state index contributed by atoms with van der Waals surface area (Å²) in [5.74, 6) is -1.87. The molecule has 1 unspecified atom stereocenters. The highest BCUT2D eigenvalue weighted by molar-refractivity contribution is 6.17. The lowest BCUT2D eigenvalue weighted by atomic mass is 9.93. The van der Waals surface area contributed by atoms with Crippen LogP contribution in [-0.4, -0.2) is 52.4 Å². The molecule has 1 aliphatic rings. The largest absolute Gasteiger partial charge is 0.383 e. The second kappa shape index (κ2) is 10.6. The predicted molar refractivity (Wildman–Crippen MR) is 133 cm³/mol. The minimum atomic E-state index is -0.712. The van der Waals surface area contributed by atoms with Gasteiger partial charge in [-0.2, -0.15) is 0 Å². The van der Waals surface area contributed by atoms with Crippen molar-refractivity contribution in [1.82, 2.24) is 14.9 Å². The van der Waals surface area contributed by atoms with E-state index in [1.807, 2.05) is 0 Å². The first-order chi connectivity index (χ1) is 17.3. The molecule has 0 saturated carbocycles. The maximum atomic E-state index is 15.3. The number of anilines is 1. The van der Waals surface area contributed by atoms with E-state index < -0.39 is 17.4 Å². The molecule has 1 amide bonds. The van der Waals surface area contributed by atoms with E-state index in [9.17, 15) is 14.0 Å². The van der Waals surface area contributed by atoms with E-state index in [1.165, 1.54) is 49.8 Å². The minimum absolute atomic E-state index is 0.00671. The summed E-state index contributed by atoms with van der Waals surface area (Å²) in [6.07, 6.45) is 3.91. The number of carbonyl (C=O) groups is 2. The highest BCUT2D eigenvalue weighted by atomic mass is 19.1. The topological polar surface area (TPSA) is 102 Å². The molecule has 2 heterocycles. The van der Waals surface area contributed by atoms with Crippen LogP contribution in [0.1, 0.15) is 39.2 Å².